The van der Waals surface area contributed by atoms with E-state index in [2.05, 4.69) is 16.9 Å². The van der Waals surface area contributed by atoms with E-state index in [9.17, 15) is 14.4 Å². The number of hydrogen-bond donors (Lipinski definition) is 1. The molecule has 29 heavy (non-hydrogen) atoms. The second kappa shape index (κ2) is 8.87. The van der Waals surface area contributed by atoms with Gasteiger partial charge in [-0.25, -0.2) is 9.78 Å². The largest absolute Gasteiger partial charge is 0.497 e. The third-order valence-corrected chi connectivity index (χ3v) is 5.48. The average Bonchev–Trinajstić information content (AvgIpc) is 3.28. The number of carbonyl (C=O) groups is 3. The van der Waals surface area contributed by atoms with Crippen LogP contribution >= 0.6 is 11.3 Å². The summed E-state index contributed by atoms with van der Waals surface area (Å²) in [4.78, 5) is 43.1. The molecule has 1 aliphatic heterocycles. The number of nitrogens with zero attached hydrogens (tertiary/aromatic N) is 2. The number of hydrogen-bond acceptors (Lipinski definition) is 7. The van der Waals surface area contributed by atoms with E-state index in [0.717, 1.165) is 11.3 Å². The molecule has 1 atom stereocenters. The summed E-state index contributed by atoms with van der Waals surface area (Å²) >= 11 is 1.04. The minimum atomic E-state index is -0.512. The lowest BCUT2D eigenvalue weighted by Crippen LogP contribution is -2.28. The maximum atomic E-state index is 12.6. The summed E-state index contributed by atoms with van der Waals surface area (Å²) in [5, 5.41) is 3.01. The van der Waals surface area contributed by atoms with Gasteiger partial charge in [0.15, 0.2) is 5.13 Å². The first-order valence-corrected chi connectivity index (χ1v) is 9.75. The van der Waals surface area contributed by atoms with Crippen LogP contribution in [-0.2, 0) is 14.3 Å². The summed E-state index contributed by atoms with van der Waals surface area (Å²) in [5.41, 5.74) is 1.19. The first-order valence-electron chi connectivity index (χ1n) is 8.93. The molecule has 8 nitrogen and oxygen atoms in total. The van der Waals surface area contributed by atoms with Crippen molar-refractivity contribution in [3.8, 4) is 5.75 Å². The van der Waals surface area contributed by atoms with Gasteiger partial charge in [-0.2, -0.15) is 0 Å². The molecule has 1 aliphatic rings. The van der Waals surface area contributed by atoms with Gasteiger partial charge in [-0.05, 0) is 31.2 Å². The molecule has 0 saturated carbocycles. The minimum Gasteiger partial charge on any atom is -0.497 e. The van der Waals surface area contributed by atoms with Crippen LogP contribution in [-0.4, -0.2) is 43.0 Å². The van der Waals surface area contributed by atoms with Crippen LogP contribution in [0.25, 0.3) is 0 Å². The Balaban J connectivity index is 1.65. The van der Waals surface area contributed by atoms with Crippen molar-refractivity contribution in [1.82, 2.24) is 4.98 Å². The molecule has 0 radical (unpaired) electrons. The van der Waals surface area contributed by atoms with E-state index in [-0.39, 0.29) is 31.4 Å². The summed E-state index contributed by atoms with van der Waals surface area (Å²) in [7, 11) is 1.57. The number of anilines is 2. The molecule has 1 fully saturated rings. The van der Waals surface area contributed by atoms with E-state index in [1.54, 1.807) is 43.2 Å². The number of nitrogens with one attached hydrogen (secondary N) is 1. The highest BCUT2D eigenvalue weighted by Gasteiger charge is 2.35. The fourth-order valence-electron chi connectivity index (χ4n) is 2.94. The number of benzene rings is 1. The van der Waals surface area contributed by atoms with Crippen molar-refractivity contribution >= 4 is 39.9 Å². The number of methoxy groups -OCH3 is 1. The first-order chi connectivity index (χ1) is 13.9. The molecule has 3 rings (SSSR count). The zero-order valence-corrected chi connectivity index (χ0v) is 17.0. The summed E-state index contributed by atoms with van der Waals surface area (Å²) in [6, 6.07) is 7.09. The molecule has 0 aliphatic carbocycles. The maximum absolute atomic E-state index is 12.6. The Labute approximate surface area is 172 Å². The van der Waals surface area contributed by atoms with Crippen LogP contribution in [0.4, 0.5) is 10.8 Å². The summed E-state index contributed by atoms with van der Waals surface area (Å²) < 4.78 is 10.1. The van der Waals surface area contributed by atoms with Gasteiger partial charge in [-0.15, -0.1) is 0 Å². The van der Waals surface area contributed by atoms with Gasteiger partial charge >= 0.3 is 5.97 Å². The highest BCUT2D eigenvalue weighted by atomic mass is 32.1. The van der Waals surface area contributed by atoms with Crippen LogP contribution < -0.4 is 15.0 Å². The van der Waals surface area contributed by atoms with Crippen molar-refractivity contribution in [3.05, 3.63) is 47.5 Å². The van der Waals surface area contributed by atoms with Crippen LogP contribution in [0.3, 0.4) is 0 Å². The Hall–Kier alpha value is -3.20. The SMILES string of the molecule is C=CCOC(=O)c1sc(NC(=O)C2CC(=O)N(c3ccc(OC)cc3)C2)nc1C. The lowest BCUT2D eigenvalue weighted by Gasteiger charge is -2.16. The highest BCUT2D eigenvalue weighted by molar-refractivity contribution is 7.17. The molecular weight excluding hydrogens is 394 g/mol. The van der Waals surface area contributed by atoms with Gasteiger partial charge in [-0.1, -0.05) is 24.0 Å². The molecule has 1 unspecified atom stereocenters. The molecule has 0 spiro atoms. The van der Waals surface area contributed by atoms with Crippen molar-refractivity contribution in [2.75, 3.05) is 30.5 Å². The van der Waals surface area contributed by atoms with Gasteiger partial charge in [0.2, 0.25) is 11.8 Å². The van der Waals surface area contributed by atoms with Gasteiger partial charge in [0.1, 0.15) is 17.2 Å². The van der Waals surface area contributed by atoms with E-state index in [1.807, 2.05) is 0 Å². The van der Waals surface area contributed by atoms with E-state index in [4.69, 9.17) is 9.47 Å². The molecule has 2 aromatic rings. The van der Waals surface area contributed by atoms with E-state index in [0.29, 0.717) is 27.1 Å². The highest BCUT2D eigenvalue weighted by Crippen LogP contribution is 2.29. The zero-order chi connectivity index (χ0) is 21.0. The number of rotatable bonds is 7. The van der Waals surface area contributed by atoms with E-state index < -0.39 is 11.9 Å². The summed E-state index contributed by atoms with van der Waals surface area (Å²) in [6.07, 6.45) is 1.58. The van der Waals surface area contributed by atoms with Crippen molar-refractivity contribution < 1.29 is 23.9 Å². The molecule has 152 valence electrons. The second-order valence-electron chi connectivity index (χ2n) is 6.41. The number of thiazole rings is 1. The van der Waals surface area contributed by atoms with Gasteiger partial charge in [-0.3, -0.25) is 9.59 Å². The summed E-state index contributed by atoms with van der Waals surface area (Å²) in [5.74, 6) is -0.767. The molecule has 1 aromatic heterocycles. The number of aryl methyl sites for hydroxylation is 1. The van der Waals surface area contributed by atoms with Crippen LogP contribution in [0.5, 0.6) is 5.75 Å². The molecule has 1 aromatic carbocycles. The number of carbonyl (C=O) groups excluding carboxylic acids is 3. The second-order valence-corrected chi connectivity index (χ2v) is 7.41. The topological polar surface area (TPSA) is 97.8 Å². The monoisotopic (exact) mass is 415 g/mol. The first kappa shape index (κ1) is 20.5. The molecule has 0 bridgehead atoms. The molecule has 1 N–H and O–H groups in total. The van der Waals surface area contributed by atoms with E-state index >= 15 is 0 Å². The minimum absolute atomic E-state index is 0.100. The molecule has 2 amide bonds. The summed E-state index contributed by atoms with van der Waals surface area (Å²) in [6.45, 7) is 5.54. The van der Waals surface area contributed by atoms with Crippen molar-refractivity contribution in [2.45, 2.75) is 13.3 Å². The predicted molar refractivity (Wildman–Crippen MR) is 109 cm³/mol. The smallest absolute Gasteiger partial charge is 0.350 e. The van der Waals surface area contributed by atoms with Crippen molar-refractivity contribution in [1.29, 1.82) is 0 Å². The Morgan fingerprint density at radius 3 is 2.76 bits per heavy atom. The number of ether oxygens (including phenoxy) is 2. The zero-order valence-electron chi connectivity index (χ0n) is 16.1. The van der Waals surface area contributed by atoms with Crippen LogP contribution in [0.15, 0.2) is 36.9 Å². The Morgan fingerprint density at radius 1 is 1.38 bits per heavy atom. The molecule has 1 saturated heterocycles. The lowest BCUT2D eigenvalue weighted by atomic mass is 10.1. The van der Waals surface area contributed by atoms with Gasteiger partial charge in [0.05, 0.1) is 18.7 Å². The van der Waals surface area contributed by atoms with E-state index in [1.165, 1.54) is 6.08 Å². The Morgan fingerprint density at radius 2 is 2.10 bits per heavy atom. The third kappa shape index (κ3) is 4.62. The fourth-order valence-corrected chi connectivity index (χ4v) is 3.80. The third-order valence-electron chi connectivity index (χ3n) is 4.42. The van der Waals surface area contributed by atoms with Crippen LogP contribution in [0.1, 0.15) is 21.8 Å². The molecule has 9 heteroatoms. The average molecular weight is 415 g/mol. The standard InChI is InChI=1S/C20H21N3O5S/c1-4-9-28-19(26)17-12(2)21-20(29-17)22-18(25)13-10-16(24)23(11-13)14-5-7-15(27-3)8-6-14/h4-8,13H,1,9-11H2,2-3H3,(H,21,22,25). The lowest BCUT2D eigenvalue weighted by molar-refractivity contribution is -0.122. The van der Waals surface area contributed by atoms with Gasteiger partial charge in [0.25, 0.3) is 0 Å². The fraction of sp³-hybridized carbons (Fsp3) is 0.300. The Kier molecular flexibility index (Phi) is 6.28. The number of amides is 2. The quantitative estimate of drug-likeness (QED) is 0.552. The number of esters is 1. The van der Waals surface area contributed by atoms with Crippen LogP contribution in [0.2, 0.25) is 0 Å². The maximum Gasteiger partial charge on any atom is 0.350 e. The van der Waals surface area contributed by atoms with Gasteiger partial charge in [0, 0.05) is 18.7 Å². The van der Waals surface area contributed by atoms with Crippen molar-refractivity contribution in [3.63, 3.8) is 0 Å². The number of aromatic nitrogens is 1. The van der Waals surface area contributed by atoms with Crippen LogP contribution in [0, 0.1) is 12.8 Å². The normalized spacial score (nSPS) is 15.9. The molecular formula is C20H21N3O5S. The predicted octanol–water partition coefficient (Wildman–Crippen LogP) is 2.79. The Bertz CT molecular complexity index is 938. The molecule has 2 heterocycles. The van der Waals surface area contributed by atoms with Gasteiger partial charge < -0.3 is 19.7 Å². The van der Waals surface area contributed by atoms with Crippen molar-refractivity contribution in [2.24, 2.45) is 5.92 Å².